The highest BCUT2D eigenvalue weighted by Gasteiger charge is 2.17. The van der Waals surface area contributed by atoms with Gasteiger partial charge in [-0.25, -0.2) is 0 Å². The minimum absolute atomic E-state index is 0.522. The summed E-state index contributed by atoms with van der Waals surface area (Å²) < 4.78 is 2.18. The molecule has 3 heteroatoms. The molecule has 0 radical (unpaired) electrons. The van der Waals surface area contributed by atoms with Gasteiger partial charge in [0, 0.05) is 11.9 Å². The first-order chi connectivity index (χ1) is 7.84. The third-order valence-corrected chi connectivity index (χ3v) is 3.37. The van der Waals surface area contributed by atoms with E-state index in [-0.39, 0.29) is 0 Å². The van der Waals surface area contributed by atoms with Crippen LogP contribution < -0.4 is 5.32 Å². The molecule has 16 heavy (non-hydrogen) atoms. The minimum Gasteiger partial charge on any atom is -0.315 e. The molecule has 1 fully saturated rings. The summed E-state index contributed by atoms with van der Waals surface area (Å²) in [6, 6.07) is 7.08. The van der Waals surface area contributed by atoms with E-state index in [0.29, 0.717) is 6.04 Å². The molecule has 1 N–H and O–H groups in total. The van der Waals surface area contributed by atoms with Gasteiger partial charge in [-0.15, -0.1) is 0 Å². The van der Waals surface area contributed by atoms with Crippen molar-refractivity contribution in [2.24, 2.45) is 0 Å². The molecule has 1 aromatic heterocycles. The maximum atomic E-state index is 4.54. The van der Waals surface area contributed by atoms with Gasteiger partial charge in [-0.2, -0.15) is 5.10 Å². The van der Waals surface area contributed by atoms with E-state index in [1.807, 2.05) is 6.20 Å². The lowest BCUT2D eigenvalue weighted by Gasteiger charge is -2.23. The molecule has 0 saturated carbocycles. The van der Waals surface area contributed by atoms with Gasteiger partial charge in [0.2, 0.25) is 0 Å². The zero-order valence-corrected chi connectivity index (χ0v) is 9.61. The van der Waals surface area contributed by atoms with Gasteiger partial charge in [0.25, 0.3) is 0 Å². The van der Waals surface area contributed by atoms with Crippen LogP contribution in [-0.2, 0) is 0 Å². The number of aryl methyl sites for hydroxylation is 1. The zero-order chi connectivity index (χ0) is 11.0. The van der Waals surface area contributed by atoms with Crippen LogP contribution in [0.25, 0.3) is 10.9 Å². The number of aromatic nitrogens is 2. The molecule has 2 aromatic rings. The summed E-state index contributed by atoms with van der Waals surface area (Å²) in [5.41, 5.74) is 2.56. The van der Waals surface area contributed by atoms with Gasteiger partial charge >= 0.3 is 0 Å². The second-order valence-electron chi connectivity index (χ2n) is 4.65. The van der Waals surface area contributed by atoms with Crippen molar-refractivity contribution in [3.63, 3.8) is 0 Å². The fourth-order valence-electron chi connectivity index (χ4n) is 2.51. The molecule has 1 aliphatic rings. The van der Waals surface area contributed by atoms with Crippen LogP contribution in [0.2, 0.25) is 0 Å². The summed E-state index contributed by atoms with van der Waals surface area (Å²) in [7, 11) is 0. The van der Waals surface area contributed by atoms with E-state index in [0.717, 1.165) is 13.1 Å². The molecule has 1 saturated heterocycles. The van der Waals surface area contributed by atoms with E-state index in [2.05, 4.69) is 40.2 Å². The standard InChI is InChI=1S/C13H17N3/c1-10-4-5-13-11(7-10)8-15-16(13)12-3-2-6-14-9-12/h4-5,7-8,12,14H,2-3,6,9H2,1H3. The number of nitrogens with one attached hydrogen (secondary N) is 1. The van der Waals surface area contributed by atoms with E-state index in [1.54, 1.807) is 0 Å². The Morgan fingerprint density at radius 1 is 1.44 bits per heavy atom. The second kappa shape index (κ2) is 3.91. The number of hydrogen-bond donors (Lipinski definition) is 1. The third kappa shape index (κ3) is 1.61. The molecule has 3 rings (SSSR count). The molecule has 84 valence electrons. The van der Waals surface area contributed by atoms with Crippen LogP contribution in [0.5, 0.6) is 0 Å². The normalized spacial score (nSPS) is 21.4. The Morgan fingerprint density at radius 2 is 2.38 bits per heavy atom. The van der Waals surface area contributed by atoms with Gasteiger partial charge in [-0.1, -0.05) is 11.6 Å². The number of rotatable bonds is 1. The first-order valence-corrected chi connectivity index (χ1v) is 5.99. The highest BCUT2D eigenvalue weighted by atomic mass is 15.3. The van der Waals surface area contributed by atoms with Crippen molar-refractivity contribution in [3.8, 4) is 0 Å². The van der Waals surface area contributed by atoms with Crippen molar-refractivity contribution in [3.05, 3.63) is 30.0 Å². The Morgan fingerprint density at radius 3 is 3.19 bits per heavy atom. The molecule has 0 aliphatic carbocycles. The second-order valence-corrected chi connectivity index (χ2v) is 4.65. The summed E-state index contributed by atoms with van der Waals surface area (Å²) in [5, 5.41) is 9.23. The van der Waals surface area contributed by atoms with Crippen LogP contribution in [0.1, 0.15) is 24.4 Å². The predicted octanol–water partition coefficient (Wildman–Crippen LogP) is 2.27. The summed E-state index contributed by atoms with van der Waals surface area (Å²) in [6.07, 6.45) is 4.46. The number of nitrogens with zero attached hydrogens (tertiary/aromatic N) is 2. The lowest BCUT2D eigenvalue weighted by atomic mass is 10.1. The van der Waals surface area contributed by atoms with Crippen LogP contribution >= 0.6 is 0 Å². The van der Waals surface area contributed by atoms with E-state index >= 15 is 0 Å². The maximum absolute atomic E-state index is 4.54. The summed E-state index contributed by atoms with van der Waals surface area (Å²) in [6.45, 7) is 4.32. The molecular weight excluding hydrogens is 198 g/mol. The summed E-state index contributed by atoms with van der Waals surface area (Å²) in [4.78, 5) is 0. The molecule has 0 amide bonds. The quantitative estimate of drug-likeness (QED) is 0.791. The topological polar surface area (TPSA) is 29.9 Å². The Labute approximate surface area is 95.5 Å². The van der Waals surface area contributed by atoms with Crippen molar-refractivity contribution in [1.29, 1.82) is 0 Å². The average Bonchev–Trinajstić information content (AvgIpc) is 2.73. The lowest BCUT2D eigenvalue weighted by Crippen LogP contribution is -2.32. The lowest BCUT2D eigenvalue weighted by molar-refractivity contribution is 0.355. The van der Waals surface area contributed by atoms with E-state index in [4.69, 9.17) is 0 Å². The van der Waals surface area contributed by atoms with Gasteiger partial charge in [-0.05, 0) is 38.4 Å². The van der Waals surface area contributed by atoms with Crippen LogP contribution in [-0.4, -0.2) is 22.9 Å². The molecule has 1 atom stereocenters. The molecule has 0 spiro atoms. The Kier molecular flexibility index (Phi) is 2.40. The average molecular weight is 215 g/mol. The highest BCUT2D eigenvalue weighted by Crippen LogP contribution is 2.22. The van der Waals surface area contributed by atoms with Crippen LogP contribution in [0.15, 0.2) is 24.4 Å². The molecule has 1 aromatic carbocycles. The molecule has 1 aliphatic heterocycles. The van der Waals surface area contributed by atoms with Crippen molar-refractivity contribution < 1.29 is 0 Å². The Bertz CT molecular complexity index is 495. The van der Waals surface area contributed by atoms with Crippen molar-refractivity contribution in [2.45, 2.75) is 25.8 Å². The number of hydrogen-bond acceptors (Lipinski definition) is 2. The minimum atomic E-state index is 0.522. The largest absolute Gasteiger partial charge is 0.315 e. The smallest absolute Gasteiger partial charge is 0.0686 e. The SMILES string of the molecule is Cc1ccc2c(cnn2C2CCCNC2)c1. The Hall–Kier alpha value is -1.35. The molecule has 1 unspecified atom stereocenters. The monoisotopic (exact) mass is 215 g/mol. The number of benzene rings is 1. The van der Waals surface area contributed by atoms with Crippen LogP contribution in [0.3, 0.4) is 0 Å². The van der Waals surface area contributed by atoms with Crippen LogP contribution in [0, 0.1) is 6.92 Å². The molecule has 3 nitrogen and oxygen atoms in total. The van der Waals surface area contributed by atoms with Gasteiger partial charge in [0.15, 0.2) is 0 Å². The Balaban J connectivity index is 2.03. The predicted molar refractivity (Wildman–Crippen MR) is 65.6 cm³/mol. The zero-order valence-electron chi connectivity index (χ0n) is 9.61. The van der Waals surface area contributed by atoms with E-state index < -0.39 is 0 Å². The fourth-order valence-corrected chi connectivity index (χ4v) is 2.51. The van der Waals surface area contributed by atoms with Crippen LogP contribution in [0.4, 0.5) is 0 Å². The van der Waals surface area contributed by atoms with Crippen molar-refractivity contribution in [1.82, 2.24) is 15.1 Å². The van der Waals surface area contributed by atoms with Crippen molar-refractivity contribution in [2.75, 3.05) is 13.1 Å². The molecule has 0 bridgehead atoms. The third-order valence-electron chi connectivity index (χ3n) is 3.37. The van der Waals surface area contributed by atoms with Gasteiger partial charge in [0.05, 0.1) is 17.8 Å². The number of piperidine rings is 1. The van der Waals surface area contributed by atoms with Gasteiger partial charge < -0.3 is 5.32 Å². The van der Waals surface area contributed by atoms with Gasteiger partial charge in [0.1, 0.15) is 0 Å². The highest BCUT2D eigenvalue weighted by molar-refractivity contribution is 5.79. The van der Waals surface area contributed by atoms with Gasteiger partial charge in [-0.3, -0.25) is 4.68 Å². The molecule has 2 heterocycles. The molecular formula is C13H17N3. The number of fused-ring (bicyclic) bond motifs is 1. The van der Waals surface area contributed by atoms with Crippen molar-refractivity contribution >= 4 is 10.9 Å². The van der Waals surface area contributed by atoms with E-state index in [1.165, 1.54) is 29.3 Å². The summed E-state index contributed by atoms with van der Waals surface area (Å²) in [5.74, 6) is 0. The first-order valence-electron chi connectivity index (χ1n) is 5.99. The first kappa shape index (κ1) is 9.85. The summed E-state index contributed by atoms with van der Waals surface area (Å²) >= 11 is 0. The van der Waals surface area contributed by atoms with E-state index in [9.17, 15) is 0 Å². The fraction of sp³-hybridized carbons (Fsp3) is 0.462. The maximum Gasteiger partial charge on any atom is 0.0686 e.